The van der Waals surface area contributed by atoms with Gasteiger partial charge in [-0.25, -0.2) is 4.39 Å². The van der Waals surface area contributed by atoms with Crippen LogP contribution in [-0.4, -0.2) is 23.2 Å². The first kappa shape index (κ1) is 12.8. The van der Waals surface area contributed by atoms with Crippen molar-refractivity contribution in [3.8, 4) is 0 Å². The molecule has 0 rings (SSSR count). The van der Waals surface area contributed by atoms with E-state index in [1.165, 1.54) is 6.92 Å². The van der Waals surface area contributed by atoms with Gasteiger partial charge >= 0.3 is 0 Å². The van der Waals surface area contributed by atoms with Crippen LogP contribution in [0.15, 0.2) is 0 Å². The number of rotatable bonds is 3. The largest absolute Gasteiger partial charge is 0.367 e. The second-order valence-electron chi connectivity index (χ2n) is 5.02. The Kier molecular flexibility index (Phi) is 3.88. The highest BCUT2D eigenvalue weighted by Crippen LogP contribution is 2.30. The van der Waals surface area contributed by atoms with E-state index in [1.807, 2.05) is 20.8 Å². The number of aliphatic hydroxyl groups is 1. The van der Waals surface area contributed by atoms with Gasteiger partial charge in [0, 0.05) is 5.41 Å². The third-order valence-corrected chi connectivity index (χ3v) is 2.13. The number of hydrogen-bond donors (Lipinski definition) is 1. The summed E-state index contributed by atoms with van der Waals surface area (Å²) in [4.78, 5) is 0. The minimum absolute atomic E-state index is 0.453. The Balaban J connectivity index is 4.34. The fourth-order valence-electron chi connectivity index (χ4n) is 0.683. The number of hydrogen-bond acceptors (Lipinski definition) is 2. The van der Waals surface area contributed by atoms with Crippen LogP contribution in [0.2, 0.25) is 0 Å². The van der Waals surface area contributed by atoms with E-state index < -0.39 is 23.5 Å². The molecule has 0 aromatic carbocycles. The highest BCUT2D eigenvalue weighted by molar-refractivity contribution is 4.79. The first-order valence-corrected chi connectivity index (χ1v) is 4.57. The monoisotopic (exact) mass is 192 g/mol. The van der Waals surface area contributed by atoms with Crippen molar-refractivity contribution < 1.29 is 14.2 Å². The third kappa shape index (κ3) is 4.05. The molecule has 0 fully saturated rings. The van der Waals surface area contributed by atoms with Crippen molar-refractivity contribution in [2.75, 3.05) is 0 Å². The van der Waals surface area contributed by atoms with Gasteiger partial charge in [-0.05, 0) is 27.7 Å². The molecule has 2 unspecified atom stereocenters. The van der Waals surface area contributed by atoms with Crippen LogP contribution in [0.1, 0.15) is 41.5 Å². The predicted octanol–water partition coefficient (Wildman–Crippen LogP) is 2.50. The fourth-order valence-corrected chi connectivity index (χ4v) is 0.683. The molecule has 0 spiro atoms. The van der Waals surface area contributed by atoms with Gasteiger partial charge in [-0.2, -0.15) is 0 Å². The van der Waals surface area contributed by atoms with Gasteiger partial charge in [0.15, 0.2) is 6.29 Å². The smallest absolute Gasteiger partial charge is 0.163 e. The molecule has 80 valence electrons. The molecule has 0 amide bonds. The van der Waals surface area contributed by atoms with Gasteiger partial charge < -0.3 is 9.84 Å². The van der Waals surface area contributed by atoms with E-state index in [-0.39, 0.29) is 0 Å². The molecule has 2 atom stereocenters. The fraction of sp³-hybridized carbons (Fsp3) is 1.00. The molecular formula is C10H21FO2. The zero-order valence-corrected chi connectivity index (χ0v) is 9.39. The molecule has 3 heteroatoms. The maximum atomic E-state index is 13.1. The molecule has 0 bridgehead atoms. The summed E-state index contributed by atoms with van der Waals surface area (Å²) in [5, 5.41) is 9.62. The Morgan fingerprint density at radius 1 is 1.15 bits per heavy atom. The van der Waals surface area contributed by atoms with Crippen molar-refractivity contribution in [1.82, 2.24) is 0 Å². The molecule has 0 aromatic heterocycles. The lowest BCUT2D eigenvalue weighted by atomic mass is 9.87. The molecule has 0 saturated carbocycles. The second kappa shape index (κ2) is 3.93. The Morgan fingerprint density at radius 2 is 1.54 bits per heavy atom. The average molecular weight is 192 g/mol. The molecule has 13 heavy (non-hydrogen) atoms. The quantitative estimate of drug-likeness (QED) is 0.696. The van der Waals surface area contributed by atoms with Crippen molar-refractivity contribution in [1.29, 1.82) is 0 Å². The Bertz CT molecular complexity index is 159. The van der Waals surface area contributed by atoms with Crippen molar-refractivity contribution in [2.24, 2.45) is 5.41 Å². The van der Waals surface area contributed by atoms with Crippen molar-refractivity contribution >= 4 is 0 Å². The van der Waals surface area contributed by atoms with Crippen LogP contribution in [0, 0.1) is 5.41 Å². The molecule has 0 aliphatic rings. The third-order valence-electron chi connectivity index (χ3n) is 2.13. The van der Waals surface area contributed by atoms with Crippen LogP contribution in [-0.2, 0) is 4.74 Å². The maximum absolute atomic E-state index is 13.1. The highest BCUT2D eigenvalue weighted by atomic mass is 19.1. The van der Waals surface area contributed by atoms with Gasteiger partial charge in [-0.3, -0.25) is 0 Å². The topological polar surface area (TPSA) is 29.5 Å². The Labute approximate surface area is 80.1 Å². The lowest BCUT2D eigenvalue weighted by Crippen LogP contribution is -2.42. The molecule has 2 nitrogen and oxygen atoms in total. The van der Waals surface area contributed by atoms with Gasteiger partial charge in [-0.15, -0.1) is 0 Å². The summed E-state index contributed by atoms with van der Waals surface area (Å²) in [5.74, 6) is 0. The van der Waals surface area contributed by atoms with Crippen LogP contribution in [0.25, 0.3) is 0 Å². The van der Waals surface area contributed by atoms with Gasteiger partial charge in [0.25, 0.3) is 0 Å². The summed E-state index contributed by atoms with van der Waals surface area (Å²) < 4.78 is 18.3. The molecule has 0 aromatic rings. The molecule has 0 aliphatic carbocycles. The molecule has 0 aliphatic heterocycles. The lowest BCUT2D eigenvalue weighted by molar-refractivity contribution is -0.227. The van der Waals surface area contributed by atoms with E-state index in [4.69, 9.17) is 4.74 Å². The number of ether oxygens (including phenoxy) is 1. The van der Waals surface area contributed by atoms with E-state index in [0.717, 1.165) is 0 Å². The summed E-state index contributed by atoms with van der Waals surface area (Å²) in [6.07, 6.45) is -2.18. The van der Waals surface area contributed by atoms with Crippen molar-refractivity contribution in [2.45, 2.75) is 59.6 Å². The Hall–Kier alpha value is -0.150. The number of alkyl halides is 1. The molecule has 1 N–H and O–H groups in total. The maximum Gasteiger partial charge on any atom is 0.163 e. The van der Waals surface area contributed by atoms with E-state index in [1.54, 1.807) is 13.8 Å². The van der Waals surface area contributed by atoms with Crippen LogP contribution in [0.4, 0.5) is 4.39 Å². The highest BCUT2D eigenvalue weighted by Gasteiger charge is 2.37. The predicted molar refractivity (Wildman–Crippen MR) is 51.2 cm³/mol. The van der Waals surface area contributed by atoms with E-state index in [0.29, 0.717) is 0 Å². The first-order valence-electron chi connectivity index (χ1n) is 4.57. The van der Waals surface area contributed by atoms with Crippen LogP contribution >= 0.6 is 0 Å². The van der Waals surface area contributed by atoms with Crippen LogP contribution in [0.3, 0.4) is 0 Å². The van der Waals surface area contributed by atoms with Crippen molar-refractivity contribution in [3.05, 3.63) is 0 Å². The molecule has 0 saturated heterocycles. The summed E-state index contributed by atoms with van der Waals surface area (Å²) in [6, 6.07) is 0. The summed E-state index contributed by atoms with van der Waals surface area (Å²) in [6.45, 7) is 10.2. The minimum atomic E-state index is -1.11. The number of halogens is 1. The van der Waals surface area contributed by atoms with Gasteiger partial charge in [0.1, 0.15) is 6.17 Å². The number of aliphatic hydroxyl groups excluding tert-OH is 1. The zero-order chi connectivity index (χ0) is 10.9. The standard InChI is InChI=1S/C10H21FO2/c1-7(11)10(5,6)8(12)13-9(2,3)4/h7-8,12H,1-6H3. The Morgan fingerprint density at radius 3 is 1.77 bits per heavy atom. The normalized spacial score (nSPS) is 18.5. The summed E-state index contributed by atoms with van der Waals surface area (Å²) in [5.41, 5.74) is -1.32. The van der Waals surface area contributed by atoms with E-state index >= 15 is 0 Å². The van der Waals surface area contributed by atoms with Gasteiger partial charge in [-0.1, -0.05) is 13.8 Å². The lowest BCUT2D eigenvalue weighted by Gasteiger charge is -2.35. The van der Waals surface area contributed by atoms with Gasteiger partial charge in [0.2, 0.25) is 0 Å². The first-order chi connectivity index (χ1) is 5.57. The molecule has 0 heterocycles. The molecular weight excluding hydrogens is 171 g/mol. The SMILES string of the molecule is CC(F)C(C)(C)C(O)OC(C)(C)C. The average Bonchev–Trinajstić information content (AvgIpc) is 1.82. The van der Waals surface area contributed by atoms with E-state index in [9.17, 15) is 9.50 Å². The van der Waals surface area contributed by atoms with Gasteiger partial charge in [0.05, 0.1) is 5.60 Å². The second-order valence-corrected chi connectivity index (χ2v) is 5.02. The molecule has 0 radical (unpaired) electrons. The van der Waals surface area contributed by atoms with Crippen molar-refractivity contribution in [3.63, 3.8) is 0 Å². The summed E-state index contributed by atoms with van der Waals surface area (Å²) >= 11 is 0. The summed E-state index contributed by atoms with van der Waals surface area (Å²) in [7, 11) is 0. The minimum Gasteiger partial charge on any atom is -0.367 e. The zero-order valence-electron chi connectivity index (χ0n) is 9.39. The van der Waals surface area contributed by atoms with Crippen LogP contribution in [0.5, 0.6) is 0 Å². The van der Waals surface area contributed by atoms with Crippen LogP contribution < -0.4 is 0 Å². The van der Waals surface area contributed by atoms with E-state index in [2.05, 4.69) is 0 Å².